The van der Waals surface area contributed by atoms with Crippen LogP contribution >= 0.6 is 0 Å². The third-order valence-corrected chi connectivity index (χ3v) is 3.30. The summed E-state index contributed by atoms with van der Waals surface area (Å²) in [6.45, 7) is 8.47. The third kappa shape index (κ3) is 3.06. The molecule has 17 heavy (non-hydrogen) atoms. The molecular formula is C13H22N2O2. The molecule has 4 nitrogen and oxygen atoms in total. The van der Waals surface area contributed by atoms with Crippen LogP contribution in [0.25, 0.3) is 0 Å². The maximum absolute atomic E-state index is 9.32. The first-order valence-electron chi connectivity index (χ1n) is 6.36. The normalized spacial score (nSPS) is 26.6. The predicted octanol–water partition coefficient (Wildman–Crippen LogP) is 3.05. The summed E-state index contributed by atoms with van der Waals surface area (Å²) >= 11 is 0. The highest BCUT2D eigenvalue weighted by atomic mass is 16.4. The summed E-state index contributed by atoms with van der Waals surface area (Å²) in [6, 6.07) is 0. The molecule has 1 heterocycles. The predicted molar refractivity (Wildman–Crippen MR) is 64.5 cm³/mol. The minimum absolute atomic E-state index is 0.333. The van der Waals surface area contributed by atoms with Crippen molar-refractivity contribution in [3.63, 3.8) is 0 Å². The van der Waals surface area contributed by atoms with Gasteiger partial charge in [-0.2, -0.15) is 0 Å². The fraction of sp³-hybridized carbons (Fsp3) is 0.846. The van der Waals surface area contributed by atoms with Gasteiger partial charge in [0, 0.05) is 5.92 Å². The minimum atomic E-state index is -0.665. The summed E-state index contributed by atoms with van der Waals surface area (Å²) < 4.78 is 5.46. The van der Waals surface area contributed by atoms with Gasteiger partial charge in [0.25, 0.3) is 0 Å². The Morgan fingerprint density at radius 1 is 1.35 bits per heavy atom. The molecule has 0 unspecified atom stereocenters. The molecule has 1 fully saturated rings. The quantitative estimate of drug-likeness (QED) is 0.879. The van der Waals surface area contributed by atoms with E-state index in [1.807, 2.05) is 0 Å². The van der Waals surface area contributed by atoms with Gasteiger partial charge in [0.05, 0.1) is 0 Å². The van der Waals surface area contributed by atoms with E-state index in [4.69, 9.17) is 4.42 Å². The van der Waals surface area contributed by atoms with Gasteiger partial charge in [0.15, 0.2) is 0 Å². The monoisotopic (exact) mass is 238 g/mol. The van der Waals surface area contributed by atoms with Crippen LogP contribution < -0.4 is 0 Å². The van der Waals surface area contributed by atoms with Crippen LogP contribution in [-0.2, 0) is 0 Å². The number of aromatic nitrogens is 2. The van der Waals surface area contributed by atoms with Gasteiger partial charge >= 0.3 is 0 Å². The molecule has 1 N–H and O–H groups in total. The smallest absolute Gasteiger partial charge is 0.244 e. The Bertz CT molecular complexity index is 373. The first kappa shape index (κ1) is 12.6. The maximum atomic E-state index is 9.32. The van der Waals surface area contributed by atoms with Crippen LogP contribution in [0.4, 0.5) is 0 Å². The van der Waals surface area contributed by atoms with Gasteiger partial charge in [0.1, 0.15) is 6.10 Å². The van der Waals surface area contributed by atoms with Crippen LogP contribution in [0.3, 0.4) is 0 Å². The highest BCUT2D eigenvalue weighted by Crippen LogP contribution is 2.46. The first-order valence-corrected chi connectivity index (χ1v) is 6.36. The standard InChI is InChI=1S/C13H22N2O2/c1-8(16)11-14-15-12(17-11)10-5-9(6-10)7-13(2,3)4/h8-10,16H,5-7H2,1-4H3/t8-,9?,10?/m1/s1. The van der Waals surface area contributed by atoms with Gasteiger partial charge in [-0.1, -0.05) is 20.8 Å². The number of nitrogens with zero attached hydrogens (tertiary/aromatic N) is 2. The minimum Gasteiger partial charge on any atom is -0.422 e. The van der Waals surface area contributed by atoms with Crippen LogP contribution in [0.5, 0.6) is 0 Å². The van der Waals surface area contributed by atoms with Gasteiger partial charge in [-0.15, -0.1) is 10.2 Å². The Morgan fingerprint density at radius 2 is 2.00 bits per heavy atom. The van der Waals surface area contributed by atoms with E-state index >= 15 is 0 Å². The highest BCUT2D eigenvalue weighted by Gasteiger charge is 2.36. The summed E-state index contributed by atoms with van der Waals surface area (Å²) in [5, 5.41) is 17.2. The van der Waals surface area contributed by atoms with Crippen LogP contribution in [0.15, 0.2) is 4.42 Å². The molecule has 1 aliphatic rings. The summed E-state index contributed by atoms with van der Waals surface area (Å²) in [5.41, 5.74) is 0.398. The molecule has 4 heteroatoms. The van der Waals surface area contributed by atoms with Crippen molar-refractivity contribution in [1.82, 2.24) is 10.2 Å². The molecule has 1 saturated carbocycles. The van der Waals surface area contributed by atoms with Gasteiger partial charge in [-0.3, -0.25) is 0 Å². The van der Waals surface area contributed by atoms with E-state index in [1.54, 1.807) is 6.92 Å². The van der Waals surface area contributed by atoms with Crippen LogP contribution in [0.2, 0.25) is 0 Å². The summed E-state index contributed by atoms with van der Waals surface area (Å²) in [4.78, 5) is 0. The molecule has 0 amide bonds. The second-order valence-corrected chi connectivity index (χ2v) is 6.45. The third-order valence-electron chi connectivity index (χ3n) is 3.30. The summed E-state index contributed by atoms with van der Waals surface area (Å²) in [6.07, 6.45) is 2.86. The van der Waals surface area contributed by atoms with Crippen molar-refractivity contribution in [1.29, 1.82) is 0 Å². The zero-order chi connectivity index (χ0) is 12.6. The van der Waals surface area contributed by atoms with Gasteiger partial charge in [0.2, 0.25) is 11.8 Å². The zero-order valence-corrected chi connectivity index (χ0v) is 11.1. The number of aliphatic hydroxyl groups excluding tert-OH is 1. The molecule has 1 aromatic heterocycles. The lowest BCUT2D eigenvalue weighted by Gasteiger charge is -2.37. The van der Waals surface area contributed by atoms with Crippen molar-refractivity contribution < 1.29 is 9.52 Å². The Hall–Kier alpha value is -0.900. The lowest BCUT2D eigenvalue weighted by Crippen LogP contribution is -2.26. The molecule has 2 rings (SSSR count). The fourth-order valence-electron chi connectivity index (χ4n) is 2.55. The summed E-state index contributed by atoms with van der Waals surface area (Å²) in [7, 11) is 0. The number of hydrogen-bond donors (Lipinski definition) is 1. The average Bonchev–Trinajstić information content (AvgIpc) is 2.57. The maximum Gasteiger partial charge on any atom is 0.244 e. The van der Waals surface area contributed by atoms with Crippen LogP contribution in [0.1, 0.15) is 70.8 Å². The number of aliphatic hydroxyl groups is 1. The second-order valence-electron chi connectivity index (χ2n) is 6.45. The van der Waals surface area contributed by atoms with E-state index < -0.39 is 6.10 Å². The highest BCUT2D eigenvalue weighted by molar-refractivity contribution is 5.00. The van der Waals surface area contributed by atoms with E-state index in [1.165, 1.54) is 6.42 Å². The lowest BCUT2D eigenvalue weighted by molar-refractivity contribution is 0.141. The molecule has 0 aromatic carbocycles. The van der Waals surface area contributed by atoms with Gasteiger partial charge in [-0.05, 0) is 37.5 Å². The fourth-order valence-corrected chi connectivity index (χ4v) is 2.55. The van der Waals surface area contributed by atoms with Crippen molar-refractivity contribution in [3.05, 3.63) is 11.8 Å². The number of rotatable bonds is 3. The Balaban J connectivity index is 1.86. The van der Waals surface area contributed by atoms with Gasteiger partial charge in [-0.25, -0.2) is 0 Å². The van der Waals surface area contributed by atoms with Crippen LogP contribution in [0, 0.1) is 11.3 Å². The Kier molecular flexibility index (Phi) is 3.25. The second kappa shape index (κ2) is 4.41. The average molecular weight is 238 g/mol. The number of hydrogen-bond acceptors (Lipinski definition) is 4. The molecule has 1 atom stereocenters. The topological polar surface area (TPSA) is 59.2 Å². The van der Waals surface area contributed by atoms with E-state index in [0.717, 1.165) is 18.8 Å². The lowest BCUT2D eigenvalue weighted by atomic mass is 9.68. The van der Waals surface area contributed by atoms with E-state index in [9.17, 15) is 5.11 Å². The van der Waals surface area contributed by atoms with Crippen molar-refractivity contribution in [3.8, 4) is 0 Å². The molecular weight excluding hydrogens is 216 g/mol. The molecule has 0 spiro atoms. The van der Waals surface area contributed by atoms with Crippen molar-refractivity contribution in [2.24, 2.45) is 11.3 Å². The molecule has 96 valence electrons. The molecule has 1 aromatic rings. The summed E-state index contributed by atoms with van der Waals surface area (Å²) in [5.74, 6) is 2.22. The largest absolute Gasteiger partial charge is 0.422 e. The Morgan fingerprint density at radius 3 is 2.47 bits per heavy atom. The molecule has 0 aliphatic heterocycles. The van der Waals surface area contributed by atoms with E-state index in [-0.39, 0.29) is 0 Å². The van der Waals surface area contributed by atoms with E-state index in [2.05, 4.69) is 31.0 Å². The SMILES string of the molecule is C[C@@H](O)c1nnc(C2CC(CC(C)(C)C)C2)o1. The van der Waals surface area contributed by atoms with Crippen molar-refractivity contribution >= 4 is 0 Å². The van der Waals surface area contributed by atoms with Crippen molar-refractivity contribution in [2.45, 2.75) is 59.0 Å². The van der Waals surface area contributed by atoms with Gasteiger partial charge < -0.3 is 9.52 Å². The molecule has 0 radical (unpaired) electrons. The molecule has 0 bridgehead atoms. The first-order chi connectivity index (χ1) is 7.85. The van der Waals surface area contributed by atoms with E-state index in [0.29, 0.717) is 23.1 Å². The molecule has 1 aliphatic carbocycles. The van der Waals surface area contributed by atoms with Crippen LogP contribution in [-0.4, -0.2) is 15.3 Å². The van der Waals surface area contributed by atoms with Crippen molar-refractivity contribution in [2.75, 3.05) is 0 Å². The Labute approximate surface area is 102 Å². The zero-order valence-electron chi connectivity index (χ0n) is 11.1. The molecule has 0 saturated heterocycles.